The first-order chi connectivity index (χ1) is 11.6. The molecule has 1 aliphatic rings. The molecule has 1 heterocycles. The van der Waals surface area contributed by atoms with Gasteiger partial charge in [0.1, 0.15) is 11.7 Å². The maximum Gasteiger partial charge on any atom is 0.317 e. The van der Waals surface area contributed by atoms with Gasteiger partial charge >= 0.3 is 5.97 Å². The summed E-state index contributed by atoms with van der Waals surface area (Å²) in [5, 5.41) is 1.94. The minimum Gasteiger partial charge on any atom is -0.465 e. The fourth-order valence-electron chi connectivity index (χ4n) is 3.07. The quantitative estimate of drug-likeness (QED) is 0.616. The van der Waals surface area contributed by atoms with Gasteiger partial charge in [-0.2, -0.15) is 0 Å². The van der Waals surface area contributed by atoms with Gasteiger partial charge in [0, 0.05) is 10.8 Å². The number of benzene rings is 1. The highest BCUT2D eigenvalue weighted by atomic mass is 32.1. The van der Waals surface area contributed by atoms with Gasteiger partial charge in [-0.1, -0.05) is 18.2 Å². The molecule has 0 fully saturated rings. The second-order valence-corrected chi connectivity index (χ2v) is 6.59. The van der Waals surface area contributed by atoms with E-state index >= 15 is 0 Å². The molecule has 24 heavy (non-hydrogen) atoms. The molecule has 0 saturated carbocycles. The smallest absolute Gasteiger partial charge is 0.317 e. The van der Waals surface area contributed by atoms with Crippen LogP contribution < -0.4 is 0 Å². The van der Waals surface area contributed by atoms with Crippen molar-refractivity contribution in [2.24, 2.45) is 5.92 Å². The van der Waals surface area contributed by atoms with Crippen LogP contribution in [0, 0.1) is 11.7 Å². The number of halogens is 1. The SMILES string of the molecule is CCOC(=O)[C@H]1C(=O)C=C(c2cccs2)C[C@@H]1c1cccc(F)c1. The minimum atomic E-state index is -0.921. The standard InChI is InChI=1S/C19H17FO3S/c1-2-23-19(22)18-15(12-5-3-6-14(20)9-12)10-13(11-16(18)21)17-7-4-8-24-17/h3-9,11,15,18H,2,10H2,1H3/t15-,18-/m1/s1. The van der Waals surface area contributed by atoms with Gasteiger partial charge in [-0.15, -0.1) is 11.3 Å². The Morgan fingerprint density at radius 2 is 2.17 bits per heavy atom. The topological polar surface area (TPSA) is 43.4 Å². The first-order valence-electron chi connectivity index (χ1n) is 7.80. The third-order valence-electron chi connectivity index (χ3n) is 4.12. The van der Waals surface area contributed by atoms with Gasteiger partial charge in [0.15, 0.2) is 5.78 Å². The molecular formula is C19H17FO3S. The zero-order chi connectivity index (χ0) is 17.1. The van der Waals surface area contributed by atoms with Crippen LogP contribution in [0.2, 0.25) is 0 Å². The highest BCUT2D eigenvalue weighted by molar-refractivity contribution is 7.11. The number of esters is 1. The van der Waals surface area contributed by atoms with Crippen LogP contribution in [0.4, 0.5) is 4.39 Å². The van der Waals surface area contributed by atoms with E-state index in [0.717, 1.165) is 10.5 Å². The van der Waals surface area contributed by atoms with Crippen molar-refractivity contribution in [2.45, 2.75) is 19.3 Å². The summed E-state index contributed by atoms with van der Waals surface area (Å²) in [6, 6.07) is 9.95. The van der Waals surface area contributed by atoms with Gasteiger partial charge in [-0.3, -0.25) is 9.59 Å². The second-order valence-electron chi connectivity index (χ2n) is 5.64. The predicted molar refractivity (Wildman–Crippen MR) is 91.2 cm³/mol. The molecule has 0 unspecified atom stereocenters. The minimum absolute atomic E-state index is 0.208. The van der Waals surface area contributed by atoms with E-state index in [4.69, 9.17) is 4.74 Å². The number of carbonyl (C=O) groups excluding carboxylic acids is 2. The van der Waals surface area contributed by atoms with Crippen molar-refractivity contribution in [2.75, 3.05) is 6.61 Å². The molecular weight excluding hydrogens is 327 g/mol. The van der Waals surface area contributed by atoms with Gasteiger partial charge in [0.2, 0.25) is 0 Å². The van der Waals surface area contributed by atoms with Crippen LogP contribution >= 0.6 is 11.3 Å². The van der Waals surface area contributed by atoms with Gasteiger partial charge < -0.3 is 4.74 Å². The zero-order valence-corrected chi connectivity index (χ0v) is 14.0. The van der Waals surface area contributed by atoms with Gasteiger partial charge in [-0.05, 0) is 54.1 Å². The molecule has 0 amide bonds. The molecule has 1 aliphatic carbocycles. The number of ether oxygens (including phenoxy) is 1. The van der Waals surface area contributed by atoms with E-state index in [-0.39, 0.29) is 18.2 Å². The summed E-state index contributed by atoms with van der Waals surface area (Å²) in [7, 11) is 0. The average molecular weight is 344 g/mol. The first kappa shape index (κ1) is 16.6. The number of hydrogen-bond donors (Lipinski definition) is 0. The van der Waals surface area contributed by atoms with Crippen molar-refractivity contribution in [3.05, 3.63) is 64.1 Å². The number of carbonyl (C=O) groups is 2. The molecule has 0 radical (unpaired) electrons. The summed E-state index contributed by atoms with van der Waals surface area (Å²) in [5.41, 5.74) is 1.52. The summed E-state index contributed by atoms with van der Waals surface area (Å²) < 4.78 is 18.7. The number of allylic oxidation sites excluding steroid dienone is 2. The van der Waals surface area contributed by atoms with Crippen LogP contribution in [-0.4, -0.2) is 18.4 Å². The van der Waals surface area contributed by atoms with Crippen LogP contribution in [0.1, 0.15) is 29.7 Å². The van der Waals surface area contributed by atoms with Crippen molar-refractivity contribution in [3.63, 3.8) is 0 Å². The predicted octanol–water partition coefficient (Wildman–Crippen LogP) is 4.21. The van der Waals surface area contributed by atoms with Gasteiger partial charge in [0.05, 0.1) is 6.61 Å². The fraction of sp³-hybridized carbons (Fsp3) is 0.263. The Bertz CT molecular complexity index is 780. The number of thiophene rings is 1. The fourth-order valence-corrected chi connectivity index (χ4v) is 3.82. The Morgan fingerprint density at radius 3 is 2.83 bits per heavy atom. The molecule has 0 spiro atoms. The van der Waals surface area contributed by atoms with E-state index in [2.05, 4.69) is 0 Å². The Morgan fingerprint density at radius 1 is 1.33 bits per heavy atom. The maximum absolute atomic E-state index is 13.7. The van der Waals surface area contributed by atoms with Crippen LogP contribution in [-0.2, 0) is 14.3 Å². The Kier molecular flexibility index (Phi) is 4.90. The second kappa shape index (κ2) is 7.09. The van der Waals surface area contributed by atoms with E-state index in [1.165, 1.54) is 18.2 Å². The summed E-state index contributed by atoms with van der Waals surface area (Å²) in [6.45, 7) is 1.91. The molecule has 2 atom stereocenters. The molecule has 2 aromatic rings. The van der Waals surface area contributed by atoms with E-state index in [9.17, 15) is 14.0 Å². The highest BCUT2D eigenvalue weighted by Gasteiger charge is 2.40. The molecule has 0 bridgehead atoms. The molecule has 1 aromatic heterocycles. The molecule has 3 nitrogen and oxygen atoms in total. The van der Waals surface area contributed by atoms with Gasteiger partial charge in [0.25, 0.3) is 0 Å². The molecule has 1 aromatic carbocycles. The van der Waals surface area contributed by atoms with E-state index < -0.39 is 17.8 Å². The number of hydrogen-bond acceptors (Lipinski definition) is 4. The van der Waals surface area contributed by atoms with E-state index in [1.54, 1.807) is 30.4 Å². The van der Waals surface area contributed by atoms with Crippen molar-refractivity contribution < 1.29 is 18.7 Å². The Hall–Kier alpha value is -2.27. The molecule has 5 heteroatoms. The summed E-state index contributed by atoms with van der Waals surface area (Å²) in [4.78, 5) is 25.9. The molecule has 0 N–H and O–H groups in total. The zero-order valence-electron chi connectivity index (χ0n) is 13.2. The normalized spacial score (nSPS) is 20.6. The van der Waals surface area contributed by atoms with Crippen molar-refractivity contribution in [1.82, 2.24) is 0 Å². The molecule has 124 valence electrons. The van der Waals surface area contributed by atoms with Crippen LogP contribution in [0.25, 0.3) is 5.57 Å². The first-order valence-corrected chi connectivity index (χ1v) is 8.68. The van der Waals surface area contributed by atoms with Crippen molar-refractivity contribution in [1.29, 1.82) is 0 Å². The lowest BCUT2D eigenvalue weighted by Gasteiger charge is -2.29. The van der Waals surface area contributed by atoms with Crippen LogP contribution in [0.5, 0.6) is 0 Å². The summed E-state index contributed by atoms with van der Waals surface area (Å²) in [5.74, 6) is -2.55. The average Bonchev–Trinajstić information content (AvgIpc) is 3.08. The lowest BCUT2D eigenvalue weighted by atomic mass is 9.74. The van der Waals surface area contributed by atoms with Gasteiger partial charge in [-0.25, -0.2) is 4.39 Å². The van der Waals surface area contributed by atoms with Crippen molar-refractivity contribution in [3.8, 4) is 0 Å². The number of rotatable bonds is 4. The summed E-state index contributed by atoms with van der Waals surface area (Å²) in [6.07, 6.45) is 2.03. The van der Waals surface area contributed by atoms with E-state index in [0.29, 0.717) is 12.0 Å². The third kappa shape index (κ3) is 3.31. The Labute approximate surface area is 143 Å². The molecule has 0 saturated heterocycles. The summed E-state index contributed by atoms with van der Waals surface area (Å²) >= 11 is 1.54. The van der Waals surface area contributed by atoms with Crippen LogP contribution in [0.3, 0.4) is 0 Å². The molecule has 0 aliphatic heterocycles. The number of ketones is 1. The van der Waals surface area contributed by atoms with E-state index in [1.807, 2.05) is 17.5 Å². The lowest BCUT2D eigenvalue weighted by Crippen LogP contribution is -2.34. The van der Waals surface area contributed by atoms with Crippen LogP contribution in [0.15, 0.2) is 47.9 Å². The lowest BCUT2D eigenvalue weighted by molar-refractivity contribution is -0.151. The monoisotopic (exact) mass is 344 g/mol. The van der Waals surface area contributed by atoms with Crippen molar-refractivity contribution >= 4 is 28.7 Å². The molecule has 3 rings (SSSR count). The Balaban J connectivity index is 2.02. The highest BCUT2D eigenvalue weighted by Crippen LogP contribution is 2.41. The largest absolute Gasteiger partial charge is 0.465 e. The maximum atomic E-state index is 13.7. The third-order valence-corrected chi connectivity index (χ3v) is 5.07.